The standard InChI is InChI=1S/C17H22N2O2/c1-2-7-19-17(16-12-20-9-10-21-16)15-5-3-4-13-11-18-8-6-14(13)15/h3-6,8,11,16-17,19H,2,7,9-10,12H2,1H3. The molecule has 0 radical (unpaired) electrons. The molecule has 2 atom stereocenters. The van der Waals surface area contributed by atoms with E-state index >= 15 is 0 Å². The number of aromatic nitrogens is 1. The summed E-state index contributed by atoms with van der Waals surface area (Å²) in [7, 11) is 0. The second kappa shape index (κ2) is 6.98. The van der Waals surface area contributed by atoms with Crippen molar-refractivity contribution in [2.75, 3.05) is 26.4 Å². The van der Waals surface area contributed by atoms with Crippen LogP contribution in [0, 0.1) is 0 Å². The summed E-state index contributed by atoms with van der Waals surface area (Å²) in [6.45, 7) is 5.14. The van der Waals surface area contributed by atoms with Gasteiger partial charge in [-0.3, -0.25) is 4.98 Å². The average molecular weight is 286 g/mol. The van der Waals surface area contributed by atoms with Gasteiger partial charge in [0.2, 0.25) is 0 Å². The predicted molar refractivity (Wildman–Crippen MR) is 83.3 cm³/mol. The number of hydrogen-bond donors (Lipinski definition) is 1. The highest BCUT2D eigenvalue weighted by Gasteiger charge is 2.27. The Balaban J connectivity index is 1.96. The van der Waals surface area contributed by atoms with Crippen molar-refractivity contribution in [1.29, 1.82) is 0 Å². The molecule has 1 saturated heterocycles. The monoisotopic (exact) mass is 286 g/mol. The minimum Gasteiger partial charge on any atom is -0.376 e. The highest BCUT2D eigenvalue weighted by molar-refractivity contribution is 5.85. The summed E-state index contributed by atoms with van der Waals surface area (Å²) in [4.78, 5) is 4.21. The Labute approximate surface area is 125 Å². The maximum absolute atomic E-state index is 5.94. The quantitative estimate of drug-likeness (QED) is 0.918. The topological polar surface area (TPSA) is 43.4 Å². The molecule has 0 amide bonds. The van der Waals surface area contributed by atoms with Gasteiger partial charge in [-0.1, -0.05) is 25.1 Å². The molecule has 21 heavy (non-hydrogen) atoms. The lowest BCUT2D eigenvalue weighted by Gasteiger charge is -2.32. The number of fused-ring (bicyclic) bond motifs is 1. The lowest BCUT2D eigenvalue weighted by Crippen LogP contribution is -2.41. The molecule has 2 aromatic rings. The van der Waals surface area contributed by atoms with Crippen LogP contribution in [0.1, 0.15) is 24.9 Å². The van der Waals surface area contributed by atoms with Crippen LogP contribution in [0.15, 0.2) is 36.7 Å². The maximum Gasteiger partial charge on any atom is 0.100 e. The summed E-state index contributed by atoms with van der Waals surface area (Å²) in [5, 5.41) is 6.02. The molecule has 112 valence electrons. The van der Waals surface area contributed by atoms with Gasteiger partial charge in [0, 0.05) is 17.8 Å². The fourth-order valence-corrected chi connectivity index (χ4v) is 2.86. The summed E-state index contributed by atoms with van der Waals surface area (Å²) in [5.41, 5.74) is 1.26. The predicted octanol–water partition coefficient (Wildman–Crippen LogP) is 2.69. The maximum atomic E-state index is 5.94. The Hall–Kier alpha value is -1.49. The van der Waals surface area contributed by atoms with Gasteiger partial charge in [0.1, 0.15) is 6.10 Å². The fourth-order valence-electron chi connectivity index (χ4n) is 2.86. The molecule has 1 fully saturated rings. The van der Waals surface area contributed by atoms with Crippen molar-refractivity contribution in [3.05, 3.63) is 42.2 Å². The van der Waals surface area contributed by atoms with E-state index in [-0.39, 0.29) is 12.1 Å². The van der Waals surface area contributed by atoms with Crippen molar-refractivity contribution in [3.63, 3.8) is 0 Å². The summed E-state index contributed by atoms with van der Waals surface area (Å²) in [6.07, 6.45) is 4.91. The number of hydrogen-bond acceptors (Lipinski definition) is 4. The zero-order valence-electron chi connectivity index (χ0n) is 12.4. The Kier molecular flexibility index (Phi) is 4.80. The third-order valence-electron chi connectivity index (χ3n) is 3.88. The molecular weight excluding hydrogens is 264 g/mol. The highest BCUT2D eigenvalue weighted by Crippen LogP contribution is 2.28. The van der Waals surface area contributed by atoms with E-state index in [2.05, 4.69) is 41.5 Å². The molecule has 4 heteroatoms. The molecule has 1 aliphatic heterocycles. The van der Waals surface area contributed by atoms with Crippen molar-refractivity contribution in [1.82, 2.24) is 10.3 Å². The lowest BCUT2D eigenvalue weighted by atomic mass is 9.96. The average Bonchev–Trinajstić information content (AvgIpc) is 2.56. The minimum atomic E-state index is 0.0593. The van der Waals surface area contributed by atoms with Gasteiger partial charge in [-0.15, -0.1) is 0 Å². The van der Waals surface area contributed by atoms with E-state index in [0.29, 0.717) is 19.8 Å². The smallest absolute Gasteiger partial charge is 0.100 e. The molecule has 0 spiro atoms. The van der Waals surface area contributed by atoms with Gasteiger partial charge in [-0.2, -0.15) is 0 Å². The van der Waals surface area contributed by atoms with E-state index in [1.807, 2.05) is 12.4 Å². The number of nitrogens with zero attached hydrogens (tertiary/aromatic N) is 1. The molecule has 2 unspecified atom stereocenters. The summed E-state index contributed by atoms with van der Waals surface area (Å²) >= 11 is 0. The molecule has 0 saturated carbocycles. The first-order chi connectivity index (χ1) is 10.4. The minimum absolute atomic E-state index is 0.0593. The zero-order valence-corrected chi connectivity index (χ0v) is 12.4. The largest absolute Gasteiger partial charge is 0.376 e. The molecule has 4 nitrogen and oxygen atoms in total. The normalized spacial score (nSPS) is 20.5. The van der Waals surface area contributed by atoms with Gasteiger partial charge >= 0.3 is 0 Å². The van der Waals surface area contributed by atoms with Gasteiger partial charge < -0.3 is 14.8 Å². The molecule has 3 rings (SSSR count). The van der Waals surface area contributed by atoms with Crippen molar-refractivity contribution in [2.24, 2.45) is 0 Å². The second-order valence-electron chi connectivity index (χ2n) is 5.36. The first kappa shape index (κ1) is 14.4. The summed E-state index contributed by atoms with van der Waals surface area (Å²) in [5.74, 6) is 0. The molecule has 0 aliphatic carbocycles. The van der Waals surface area contributed by atoms with E-state index < -0.39 is 0 Å². The number of benzene rings is 1. The Morgan fingerprint density at radius 1 is 1.33 bits per heavy atom. The van der Waals surface area contributed by atoms with Crippen LogP contribution >= 0.6 is 0 Å². The van der Waals surface area contributed by atoms with E-state index in [4.69, 9.17) is 9.47 Å². The van der Waals surface area contributed by atoms with Gasteiger partial charge in [0.15, 0.2) is 0 Å². The van der Waals surface area contributed by atoms with E-state index in [1.54, 1.807) is 0 Å². The Bertz CT molecular complexity index is 577. The molecule has 1 N–H and O–H groups in total. The van der Waals surface area contributed by atoms with E-state index in [0.717, 1.165) is 18.4 Å². The zero-order chi connectivity index (χ0) is 14.5. The van der Waals surface area contributed by atoms with Gasteiger partial charge in [0.05, 0.1) is 25.9 Å². The van der Waals surface area contributed by atoms with Gasteiger partial charge in [-0.25, -0.2) is 0 Å². The SMILES string of the molecule is CCCNC(c1cccc2cnccc12)C1COCCO1. The van der Waals surface area contributed by atoms with Crippen LogP contribution in [-0.4, -0.2) is 37.5 Å². The fraction of sp³-hybridized carbons (Fsp3) is 0.471. The number of nitrogens with one attached hydrogen (secondary N) is 1. The Morgan fingerprint density at radius 2 is 2.29 bits per heavy atom. The number of rotatable bonds is 5. The van der Waals surface area contributed by atoms with Crippen LogP contribution in [0.25, 0.3) is 10.8 Å². The second-order valence-corrected chi connectivity index (χ2v) is 5.36. The number of ether oxygens (including phenoxy) is 2. The molecule has 2 heterocycles. The van der Waals surface area contributed by atoms with E-state index in [9.17, 15) is 0 Å². The van der Waals surface area contributed by atoms with Crippen LogP contribution < -0.4 is 5.32 Å². The van der Waals surface area contributed by atoms with Crippen molar-refractivity contribution < 1.29 is 9.47 Å². The first-order valence-corrected chi connectivity index (χ1v) is 7.65. The molecule has 0 bridgehead atoms. The highest BCUT2D eigenvalue weighted by atomic mass is 16.6. The molecular formula is C17H22N2O2. The van der Waals surface area contributed by atoms with Crippen LogP contribution in [-0.2, 0) is 9.47 Å². The summed E-state index contributed by atoms with van der Waals surface area (Å²) < 4.78 is 11.5. The van der Waals surface area contributed by atoms with E-state index in [1.165, 1.54) is 10.9 Å². The van der Waals surface area contributed by atoms with Gasteiger partial charge in [-0.05, 0) is 30.0 Å². The van der Waals surface area contributed by atoms with Crippen molar-refractivity contribution in [2.45, 2.75) is 25.5 Å². The van der Waals surface area contributed by atoms with Crippen LogP contribution in [0.5, 0.6) is 0 Å². The third kappa shape index (κ3) is 3.23. The van der Waals surface area contributed by atoms with Crippen LogP contribution in [0.3, 0.4) is 0 Å². The molecule has 1 aromatic heterocycles. The van der Waals surface area contributed by atoms with Crippen molar-refractivity contribution >= 4 is 10.8 Å². The number of pyridine rings is 1. The van der Waals surface area contributed by atoms with Gasteiger partial charge in [0.25, 0.3) is 0 Å². The Morgan fingerprint density at radius 3 is 3.10 bits per heavy atom. The lowest BCUT2D eigenvalue weighted by molar-refractivity contribution is -0.102. The molecule has 1 aromatic carbocycles. The van der Waals surface area contributed by atoms with Crippen LogP contribution in [0.2, 0.25) is 0 Å². The van der Waals surface area contributed by atoms with Crippen LogP contribution in [0.4, 0.5) is 0 Å². The molecule has 1 aliphatic rings. The van der Waals surface area contributed by atoms with Crippen molar-refractivity contribution in [3.8, 4) is 0 Å². The first-order valence-electron chi connectivity index (χ1n) is 7.65. The summed E-state index contributed by atoms with van der Waals surface area (Å²) in [6, 6.07) is 8.59. The third-order valence-corrected chi connectivity index (χ3v) is 3.88.